The number of primary amides is 1. The van der Waals surface area contributed by atoms with Gasteiger partial charge in [-0.1, -0.05) is 18.2 Å². The first-order chi connectivity index (χ1) is 9.19. The van der Waals surface area contributed by atoms with E-state index in [4.69, 9.17) is 11.5 Å². The van der Waals surface area contributed by atoms with Crippen molar-refractivity contribution in [3.8, 4) is 0 Å². The van der Waals surface area contributed by atoms with Crippen molar-refractivity contribution in [2.75, 3.05) is 0 Å². The summed E-state index contributed by atoms with van der Waals surface area (Å²) in [5.41, 5.74) is 14.0. The molecular weight excluding hydrogens is 252 g/mol. The Morgan fingerprint density at radius 1 is 1.45 bits per heavy atom. The number of carbonyl (C=O) groups excluding carboxylic acids is 1. The molecule has 0 aromatic heterocycles. The van der Waals surface area contributed by atoms with Crippen LogP contribution in [-0.2, 0) is 17.6 Å². The zero-order chi connectivity index (χ0) is 15.3. The Morgan fingerprint density at radius 2 is 2.10 bits per heavy atom. The first-order valence-electron chi connectivity index (χ1n) is 6.73. The van der Waals surface area contributed by atoms with E-state index in [-0.39, 0.29) is 18.1 Å². The van der Waals surface area contributed by atoms with E-state index in [9.17, 15) is 9.90 Å². The van der Waals surface area contributed by atoms with E-state index in [0.717, 1.165) is 17.5 Å². The highest BCUT2D eigenvalue weighted by atomic mass is 16.3. The average molecular weight is 276 g/mol. The Labute approximate surface area is 120 Å². The topological polar surface area (TPSA) is 89.3 Å². The number of allylic oxidation sites excluding steroid dienone is 1. The maximum atomic E-state index is 11.0. The van der Waals surface area contributed by atoms with Gasteiger partial charge in [-0.05, 0) is 56.4 Å². The SMILES string of the molecule is C/C(O)=C/C(C)(N)CCc1cc(CC(N)=O)ccc1C. The molecule has 0 spiro atoms. The van der Waals surface area contributed by atoms with E-state index >= 15 is 0 Å². The predicted molar refractivity (Wildman–Crippen MR) is 81.4 cm³/mol. The van der Waals surface area contributed by atoms with Crippen LogP contribution in [0.4, 0.5) is 0 Å². The van der Waals surface area contributed by atoms with Crippen LogP contribution in [-0.4, -0.2) is 16.6 Å². The van der Waals surface area contributed by atoms with Crippen LogP contribution in [0.15, 0.2) is 30.0 Å². The quantitative estimate of drug-likeness (QED) is 0.695. The van der Waals surface area contributed by atoms with E-state index < -0.39 is 5.54 Å². The molecule has 0 heterocycles. The molecule has 1 aromatic rings. The minimum Gasteiger partial charge on any atom is -0.513 e. The number of amides is 1. The molecule has 0 radical (unpaired) electrons. The largest absolute Gasteiger partial charge is 0.513 e. The fraction of sp³-hybridized carbons (Fsp3) is 0.438. The van der Waals surface area contributed by atoms with Crippen molar-refractivity contribution in [1.29, 1.82) is 0 Å². The Hall–Kier alpha value is -1.81. The van der Waals surface area contributed by atoms with Crippen molar-refractivity contribution < 1.29 is 9.90 Å². The molecule has 1 rings (SSSR count). The van der Waals surface area contributed by atoms with Gasteiger partial charge >= 0.3 is 0 Å². The monoisotopic (exact) mass is 276 g/mol. The molecule has 4 nitrogen and oxygen atoms in total. The van der Waals surface area contributed by atoms with Crippen LogP contribution in [0.1, 0.15) is 37.0 Å². The number of aliphatic hydroxyl groups excluding tert-OH is 1. The lowest BCUT2D eigenvalue weighted by Crippen LogP contribution is -2.34. The summed E-state index contributed by atoms with van der Waals surface area (Å²) in [5, 5.41) is 9.31. The summed E-state index contributed by atoms with van der Waals surface area (Å²) in [6, 6.07) is 5.92. The van der Waals surface area contributed by atoms with Gasteiger partial charge < -0.3 is 16.6 Å². The second kappa shape index (κ2) is 6.57. The number of aliphatic hydroxyl groups is 1. The normalized spacial score (nSPS) is 14.9. The highest BCUT2D eigenvalue weighted by molar-refractivity contribution is 5.76. The third-order valence-electron chi connectivity index (χ3n) is 3.26. The molecule has 20 heavy (non-hydrogen) atoms. The van der Waals surface area contributed by atoms with E-state index in [1.54, 1.807) is 13.0 Å². The van der Waals surface area contributed by atoms with Gasteiger partial charge in [0.05, 0.1) is 12.2 Å². The third kappa shape index (κ3) is 5.45. The minimum atomic E-state index is -0.551. The Kier molecular flexibility index (Phi) is 5.34. The van der Waals surface area contributed by atoms with Gasteiger partial charge in [0.1, 0.15) is 0 Å². The summed E-state index contributed by atoms with van der Waals surface area (Å²) in [7, 11) is 0. The standard InChI is InChI=1S/C16H24N2O2/c1-11-4-5-13(9-15(17)20)8-14(11)6-7-16(3,18)10-12(2)19/h4-5,8,10,19H,6-7,9,18H2,1-3H3,(H2,17,20)/b12-10-. The molecule has 1 unspecified atom stereocenters. The van der Waals surface area contributed by atoms with Gasteiger partial charge in [-0.15, -0.1) is 0 Å². The molecule has 0 aliphatic rings. The average Bonchev–Trinajstić information content (AvgIpc) is 2.27. The van der Waals surface area contributed by atoms with Crippen molar-refractivity contribution in [2.24, 2.45) is 11.5 Å². The number of nitrogens with two attached hydrogens (primary N) is 2. The number of benzene rings is 1. The van der Waals surface area contributed by atoms with E-state index in [1.165, 1.54) is 5.56 Å². The van der Waals surface area contributed by atoms with Gasteiger partial charge in [0.2, 0.25) is 5.91 Å². The van der Waals surface area contributed by atoms with Crippen LogP contribution in [0.5, 0.6) is 0 Å². The second-order valence-corrected chi connectivity index (χ2v) is 5.70. The summed E-state index contributed by atoms with van der Waals surface area (Å²) in [6.07, 6.45) is 3.42. The van der Waals surface area contributed by atoms with Crippen LogP contribution in [0.3, 0.4) is 0 Å². The minimum absolute atomic E-state index is 0.231. The van der Waals surface area contributed by atoms with Gasteiger partial charge in [-0.3, -0.25) is 4.79 Å². The predicted octanol–water partition coefficient (Wildman–Crippen LogP) is 2.13. The molecule has 0 saturated carbocycles. The fourth-order valence-electron chi connectivity index (χ4n) is 2.26. The summed E-state index contributed by atoms with van der Waals surface area (Å²) in [5.74, 6) is -0.100. The van der Waals surface area contributed by atoms with E-state index in [2.05, 4.69) is 0 Å². The molecule has 0 bridgehead atoms. The van der Waals surface area contributed by atoms with E-state index in [0.29, 0.717) is 6.42 Å². The second-order valence-electron chi connectivity index (χ2n) is 5.70. The third-order valence-corrected chi connectivity index (χ3v) is 3.26. The van der Waals surface area contributed by atoms with E-state index in [1.807, 2.05) is 32.0 Å². The van der Waals surface area contributed by atoms with Crippen molar-refractivity contribution >= 4 is 5.91 Å². The molecule has 0 aliphatic heterocycles. The van der Waals surface area contributed by atoms with Crippen LogP contribution in [0.25, 0.3) is 0 Å². The van der Waals surface area contributed by atoms with Crippen molar-refractivity contribution in [3.63, 3.8) is 0 Å². The first kappa shape index (κ1) is 16.2. The molecule has 0 saturated heterocycles. The van der Waals surface area contributed by atoms with Crippen LogP contribution in [0, 0.1) is 6.92 Å². The van der Waals surface area contributed by atoms with Gasteiger partial charge in [0.25, 0.3) is 0 Å². The highest BCUT2D eigenvalue weighted by Gasteiger charge is 2.16. The number of hydrogen-bond acceptors (Lipinski definition) is 3. The number of rotatable bonds is 6. The number of carbonyl (C=O) groups is 1. The molecule has 110 valence electrons. The molecule has 4 heteroatoms. The summed E-state index contributed by atoms with van der Waals surface area (Å²) >= 11 is 0. The summed E-state index contributed by atoms with van der Waals surface area (Å²) in [4.78, 5) is 11.0. The molecule has 5 N–H and O–H groups in total. The molecular formula is C16H24N2O2. The Morgan fingerprint density at radius 3 is 2.65 bits per heavy atom. The van der Waals surface area contributed by atoms with Crippen molar-refractivity contribution in [1.82, 2.24) is 0 Å². The molecule has 1 aromatic carbocycles. The molecule has 1 atom stereocenters. The number of hydrogen-bond donors (Lipinski definition) is 3. The zero-order valence-electron chi connectivity index (χ0n) is 12.4. The van der Waals surface area contributed by atoms with Gasteiger partial charge in [-0.25, -0.2) is 0 Å². The molecule has 1 amide bonds. The smallest absolute Gasteiger partial charge is 0.221 e. The van der Waals surface area contributed by atoms with Gasteiger partial charge in [0.15, 0.2) is 0 Å². The maximum absolute atomic E-state index is 11.0. The molecule has 0 fully saturated rings. The maximum Gasteiger partial charge on any atom is 0.221 e. The highest BCUT2D eigenvalue weighted by Crippen LogP contribution is 2.18. The first-order valence-corrected chi connectivity index (χ1v) is 6.73. The number of aryl methyl sites for hydroxylation is 2. The van der Waals surface area contributed by atoms with Crippen LogP contribution in [0.2, 0.25) is 0 Å². The lowest BCUT2D eigenvalue weighted by atomic mass is 9.91. The van der Waals surface area contributed by atoms with Crippen molar-refractivity contribution in [3.05, 3.63) is 46.7 Å². The van der Waals surface area contributed by atoms with Gasteiger partial charge in [-0.2, -0.15) is 0 Å². The lowest BCUT2D eigenvalue weighted by Gasteiger charge is -2.21. The van der Waals surface area contributed by atoms with Gasteiger partial charge in [0, 0.05) is 5.54 Å². The molecule has 0 aliphatic carbocycles. The summed E-state index contributed by atoms with van der Waals surface area (Å²) < 4.78 is 0. The summed E-state index contributed by atoms with van der Waals surface area (Å²) in [6.45, 7) is 5.53. The Balaban J connectivity index is 2.82. The zero-order valence-corrected chi connectivity index (χ0v) is 12.4. The van der Waals surface area contributed by atoms with Crippen LogP contribution < -0.4 is 11.5 Å². The van der Waals surface area contributed by atoms with Crippen molar-refractivity contribution in [2.45, 2.75) is 45.6 Å². The fourth-order valence-corrected chi connectivity index (χ4v) is 2.26. The lowest BCUT2D eigenvalue weighted by molar-refractivity contribution is -0.117. The van der Waals surface area contributed by atoms with Crippen LogP contribution >= 0.6 is 0 Å². The Bertz CT molecular complexity index is 515.